The van der Waals surface area contributed by atoms with Gasteiger partial charge in [0, 0.05) is 15.7 Å². The fourth-order valence-electron chi connectivity index (χ4n) is 1.64. The van der Waals surface area contributed by atoms with E-state index in [1.165, 1.54) is 12.1 Å². The van der Waals surface area contributed by atoms with E-state index in [1.54, 1.807) is 0 Å². The quantitative estimate of drug-likeness (QED) is 0.800. The average molecular weight is 325 g/mol. The molecule has 0 aliphatic carbocycles. The summed E-state index contributed by atoms with van der Waals surface area (Å²) in [6.07, 6.45) is 0. The van der Waals surface area contributed by atoms with Crippen LogP contribution < -0.4 is 5.32 Å². The third-order valence-corrected chi connectivity index (χ3v) is 2.94. The fourth-order valence-corrected chi connectivity index (χ4v) is 2.18. The zero-order valence-electron chi connectivity index (χ0n) is 7.90. The Bertz CT molecular complexity index is 343. The van der Waals surface area contributed by atoms with Crippen molar-refractivity contribution in [2.75, 3.05) is 19.8 Å². The van der Waals surface area contributed by atoms with E-state index in [4.69, 9.17) is 4.74 Å². The van der Waals surface area contributed by atoms with E-state index in [9.17, 15) is 8.78 Å². The summed E-state index contributed by atoms with van der Waals surface area (Å²) < 4.78 is 32.8. The van der Waals surface area contributed by atoms with Gasteiger partial charge in [0.25, 0.3) is 0 Å². The monoisotopic (exact) mass is 325 g/mol. The molecule has 0 bridgehead atoms. The normalized spacial score (nSPS) is 21.7. The van der Waals surface area contributed by atoms with Crippen LogP contribution in [0.4, 0.5) is 8.78 Å². The van der Waals surface area contributed by atoms with Gasteiger partial charge in [0.05, 0.1) is 19.3 Å². The topological polar surface area (TPSA) is 21.3 Å². The number of ether oxygens (including phenoxy) is 1. The zero-order valence-corrected chi connectivity index (χ0v) is 10.1. The van der Waals surface area contributed by atoms with Gasteiger partial charge < -0.3 is 10.1 Å². The predicted molar refractivity (Wildman–Crippen MR) is 60.6 cm³/mol. The van der Waals surface area contributed by atoms with Gasteiger partial charge in [-0.3, -0.25) is 0 Å². The van der Waals surface area contributed by atoms with Crippen molar-refractivity contribution in [2.45, 2.75) is 6.04 Å². The summed E-state index contributed by atoms with van der Waals surface area (Å²) in [4.78, 5) is 0. The van der Waals surface area contributed by atoms with Crippen LogP contribution in [0.2, 0.25) is 0 Å². The lowest BCUT2D eigenvalue weighted by Crippen LogP contribution is -2.35. The number of halogens is 3. The zero-order chi connectivity index (χ0) is 10.8. The van der Waals surface area contributed by atoms with E-state index >= 15 is 0 Å². The molecule has 1 aromatic carbocycles. The van der Waals surface area contributed by atoms with Gasteiger partial charge in [-0.2, -0.15) is 0 Å². The molecule has 1 heterocycles. The summed E-state index contributed by atoms with van der Waals surface area (Å²) >= 11 is 1.89. The highest BCUT2D eigenvalue weighted by Crippen LogP contribution is 2.24. The Hall–Kier alpha value is -0.270. The van der Waals surface area contributed by atoms with Crippen molar-refractivity contribution in [3.8, 4) is 0 Å². The molecule has 2 nitrogen and oxygen atoms in total. The average Bonchev–Trinajstić information content (AvgIpc) is 2.17. The molecule has 1 aliphatic rings. The highest BCUT2D eigenvalue weighted by Gasteiger charge is 2.22. The predicted octanol–water partition coefficient (Wildman–Crippen LogP) is 2.23. The molecular weight excluding hydrogens is 315 g/mol. The van der Waals surface area contributed by atoms with Crippen LogP contribution in [-0.2, 0) is 4.74 Å². The maximum Gasteiger partial charge on any atom is 0.132 e. The molecule has 1 fully saturated rings. The summed E-state index contributed by atoms with van der Waals surface area (Å²) in [5, 5.41) is 3.03. The molecule has 0 radical (unpaired) electrons. The van der Waals surface area contributed by atoms with Crippen LogP contribution >= 0.6 is 22.6 Å². The van der Waals surface area contributed by atoms with Crippen LogP contribution in [0.3, 0.4) is 0 Å². The highest BCUT2D eigenvalue weighted by atomic mass is 127. The van der Waals surface area contributed by atoms with Gasteiger partial charge in [-0.1, -0.05) is 0 Å². The Balaban J connectivity index is 2.33. The first-order chi connectivity index (χ1) is 7.18. The Labute approximate surface area is 100 Å². The van der Waals surface area contributed by atoms with Crippen molar-refractivity contribution in [2.24, 2.45) is 0 Å². The summed E-state index contributed by atoms with van der Waals surface area (Å²) in [5.74, 6) is -1.02. The van der Waals surface area contributed by atoms with Crippen molar-refractivity contribution >= 4 is 22.6 Å². The Morgan fingerprint density at radius 3 is 2.53 bits per heavy atom. The molecule has 1 aliphatic heterocycles. The number of rotatable bonds is 1. The van der Waals surface area contributed by atoms with Gasteiger partial charge in [-0.05, 0) is 34.7 Å². The van der Waals surface area contributed by atoms with Crippen molar-refractivity contribution < 1.29 is 13.5 Å². The highest BCUT2D eigenvalue weighted by molar-refractivity contribution is 14.1. The minimum atomic E-state index is -0.512. The molecule has 0 spiro atoms. The number of nitrogens with one attached hydrogen (secondary N) is 1. The van der Waals surface area contributed by atoms with Gasteiger partial charge in [-0.25, -0.2) is 8.78 Å². The number of benzene rings is 1. The molecule has 2 rings (SSSR count). The second kappa shape index (κ2) is 4.71. The minimum absolute atomic E-state index is 0.0788. The van der Waals surface area contributed by atoms with E-state index in [2.05, 4.69) is 5.32 Å². The molecule has 1 unspecified atom stereocenters. The van der Waals surface area contributed by atoms with Gasteiger partial charge >= 0.3 is 0 Å². The Kier molecular flexibility index (Phi) is 3.53. The lowest BCUT2D eigenvalue weighted by atomic mass is 10.1. The molecule has 1 aromatic rings. The maximum atomic E-state index is 13.6. The first-order valence-corrected chi connectivity index (χ1v) is 5.72. The van der Waals surface area contributed by atoms with Crippen LogP contribution in [0.25, 0.3) is 0 Å². The molecule has 0 saturated carbocycles. The minimum Gasteiger partial charge on any atom is -0.378 e. The van der Waals surface area contributed by atoms with Gasteiger partial charge in [0.15, 0.2) is 0 Å². The molecule has 5 heteroatoms. The fraction of sp³-hybridized carbons (Fsp3) is 0.400. The third-order valence-electron chi connectivity index (χ3n) is 2.31. The third kappa shape index (κ3) is 2.46. The van der Waals surface area contributed by atoms with Crippen LogP contribution in [0.5, 0.6) is 0 Å². The standard InChI is InChI=1S/C10H10F2INO/c11-7-3-6(13)4-8(12)10(7)9-5-15-2-1-14-9/h3-4,9,14H,1-2,5H2. The lowest BCUT2D eigenvalue weighted by Gasteiger charge is -2.24. The molecule has 82 valence electrons. The van der Waals surface area contributed by atoms with E-state index in [0.717, 1.165) is 0 Å². The van der Waals surface area contributed by atoms with Gasteiger partial charge in [0.1, 0.15) is 11.6 Å². The lowest BCUT2D eigenvalue weighted by molar-refractivity contribution is 0.0745. The van der Waals surface area contributed by atoms with E-state index < -0.39 is 11.6 Å². The molecule has 1 N–H and O–H groups in total. The molecular formula is C10H10F2INO. The molecule has 1 atom stereocenters. The summed E-state index contributed by atoms with van der Waals surface area (Å²) in [6.45, 7) is 1.52. The van der Waals surface area contributed by atoms with Crippen LogP contribution in [0.15, 0.2) is 12.1 Å². The van der Waals surface area contributed by atoms with E-state index in [-0.39, 0.29) is 11.6 Å². The van der Waals surface area contributed by atoms with Gasteiger partial charge in [-0.15, -0.1) is 0 Å². The molecule has 15 heavy (non-hydrogen) atoms. The number of hydrogen-bond donors (Lipinski definition) is 1. The summed E-state index contributed by atoms with van der Waals surface area (Å²) in [7, 11) is 0. The largest absolute Gasteiger partial charge is 0.378 e. The molecule has 1 saturated heterocycles. The molecule has 0 amide bonds. The van der Waals surface area contributed by atoms with E-state index in [1.807, 2.05) is 22.6 Å². The number of hydrogen-bond acceptors (Lipinski definition) is 2. The first kappa shape index (κ1) is 11.2. The smallest absolute Gasteiger partial charge is 0.132 e. The second-order valence-corrected chi connectivity index (χ2v) is 4.61. The van der Waals surface area contributed by atoms with Crippen molar-refractivity contribution in [1.82, 2.24) is 5.32 Å². The first-order valence-electron chi connectivity index (χ1n) is 4.64. The van der Waals surface area contributed by atoms with Crippen molar-refractivity contribution in [3.63, 3.8) is 0 Å². The SMILES string of the molecule is Fc1cc(I)cc(F)c1C1COCCN1. The molecule has 0 aromatic heterocycles. The van der Waals surface area contributed by atoms with Crippen LogP contribution in [-0.4, -0.2) is 19.8 Å². The maximum absolute atomic E-state index is 13.6. The van der Waals surface area contributed by atoms with Crippen LogP contribution in [0, 0.1) is 15.2 Å². The van der Waals surface area contributed by atoms with E-state index in [0.29, 0.717) is 23.3 Å². The Morgan fingerprint density at radius 2 is 2.00 bits per heavy atom. The summed E-state index contributed by atoms with van der Waals surface area (Å²) in [6, 6.07) is 2.28. The van der Waals surface area contributed by atoms with Gasteiger partial charge in [0.2, 0.25) is 0 Å². The van der Waals surface area contributed by atoms with Crippen molar-refractivity contribution in [1.29, 1.82) is 0 Å². The van der Waals surface area contributed by atoms with Crippen LogP contribution in [0.1, 0.15) is 11.6 Å². The van der Waals surface area contributed by atoms with Crippen molar-refractivity contribution in [3.05, 3.63) is 32.9 Å². The second-order valence-electron chi connectivity index (χ2n) is 3.36. The Morgan fingerprint density at radius 1 is 1.33 bits per heavy atom. The number of morpholine rings is 1. The summed E-state index contributed by atoms with van der Waals surface area (Å²) in [5.41, 5.74) is 0.0788.